The Balaban J connectivity index is 1.06. The van der Waals surface area contributed by atoms with E-state index < -0.39 is 11.7 Å². The van der Waals surface area contributed by atoms with Crippen molar-refractivity contribution < 1.29 is 22.8 Å². The van der Waals surface area contributed by atoms with Crippen LogP contribution in [0.3, 0.4) is 0 Å². The molecule has 44 heavy (non-hydrogen) atoms. The number of piperidine rings is 1. The topological polar surface area (TPSA) is 56.8 Å². The molecular formula is C34H33F3N4O2S. The predicted molar refractivity (Wildman–Crippen MR) is 166 cm³/mol. The number of alkyl halides is 3. The van der Waals surface area contributed by atoms with Crippen molar-refractivity contribution in [3.05, 3.63) is 106 Å². The number of carbonyl (C=O) groups excluding carboxylic acids is 2. The maximum Gasteiger partial charge on any atom is 0.416 e. The zero-order valence-electron chi connectivity index (χ0n) is 24.4. The minimum absolute atomic E-state index is 0.0376. The van der Waals surface area contributed by atoms with E-state index in [0.29, 0.717) is 48.6 Å². The summed E-state index contributed by atoms with van der Waals surface area (Å²) in [6.07, 6.45) is -2.96. The van der Waals surface area contributed by atoms with E-state index in [1.54, 1.807) is 29.2 Å². The average Bonchev–Trinajstić information content (AvgIpc) is 3.55. The third kappa shape index (κ3) is 6.22. The summed E-state index contributed by atoms with van der Waals surface area (Å²) in [5.74, 6) is -0.0168. The van der Waals surface area contributed by atoms with E-state index in [0.717, 1.165) is 43.1 Å². The van der Waals surface area contributed by atoms with Crippen molar-refractivity contribution in [2.45, 2.75) is 31.9 Å². The lowest BCUT2D eigenvalue weighted by atomic mass is 9.94. The number of piperazine rings is 1. The number of aryl methyl sites for hydroxylation is 1. The van der Waals surface area contributed by atoms with Gasteiger partial charge in [-0.1, -0.05) is 48.5 Å². The molecule has 0 unspecified atom stereocenters. The summed E-state index contributed by atoms with van der Waals surface area (Å²) in [7, 11) is 0. The van der Waals surface area contributed by atoms with E-state index >= 15 is 0 Å². The Morgan fingerprint density at radius 2 is 1.43 bits per heavy atom. The first-order chi connectivity index (χ1) is 21.2. The largest absolute Gasteiger partial charge is 0.416 e. The maximum absolute atomic E-state index is 13.5. The first kappa shape index (κ1) is 29.9. The van der Waals surface area contributed by atoms with Crippen LogP contribution in [0.1, 0.15) is 55.7 Å². The number of carbonyl (C=O) groups is 2. The van der Waals surface area contributed by atoms with E-state index in [9.17, 15) is 22.8 Å². The van der Waals surface area contributed by atoms with Gasteiger partial charge in [-0.2, -0.15) is 13.2 Å². The van der Waals surface area contributed by atoms with Crippen LogP contribution in [-0.4, -0.2) is 65.9 Å². The first-order valence-corrected chi connectivity index (χ1v) is 15.7. The van der Waals surface area contributed by atoms with Crippen LogP contribution in [0.15, 0.2) is 78.2 Å². The molecule has 0 bridgehead atoms. The SMILES string of the molecule is Cc1ccccc1N1CCN(C(=O)c2csc(C3CCN(C(=O)c4ccccc4-c4ccc(C(F)(F)F)cc4)CC3)n2)CC1. The van der Waals surface area contributed by atoms with Crippen LogP contribution in [0, 0.1) is 6.92 Å². The zero-order chi connectivity index (χ0) is 30.8. The van der Waals surface area contributed by atoms with Crippen LogP contribution in [0.5, 0.6) is 0 Å². The Kier molecular flexibility index (Phi) is 8.44. The number of hydrogen-bond acceptors (Lipinski definition) is 5. The molecule has 0 atom stereocenters. The predicted octanol–water partition coefficient (Wildman–Crippen LogP) is 7.12. The molecule has 228 valence electrons. The molecule has 6 nitrogen and oxygen atoms in total. The number of para-hydroxylation sites is 1. The van der Waals surface area contributed by atoms with Gasteiger partial charge in [-0.3, -0.25) is 9.59 Å². The molecule has 0 radical (unpaired) electrons. The van der Waals surface area contributed by atoms with Crippen LogP contribution < -0.4 is 4.90 Å². The van der Waals surface area contributed by atoms with Gasteiger partial charge in [-0.25, -0.2) is 4.98 Å². The van der Waals surface area contributed by atoms with E-state index in [-0.39, 0.29) is 17.7 Å². The van der Waals surface area contributed by atoms with E-state index in [1.807, 2.05) is 22.4 Å². The summed E-state index contributed by atoms with van der Waals surface area (Å²) in [6, 6.07) is 20.2. The van der Waals surface area contributed by atoms with Gasteiger partial charge in [0.15, 0.2) is 0 Å². The minimum Gasteiger partial charge on any atom is -0.368 e. The monoisotopic (exact) mass is 618 g/mol. The molecule has 0 N–H and O–H groups in total. The fourth-order valence-electron chi connectivity index (χ4n) is 6.06. The number of anilines is 1. The highest BCUT2D eigenvalue weighted by atomic mass is 32.1. The summed E-state index contributed by atoms with van der Waals surface area (Å²) in [5.41, 5.74) is 3.84. The lowest BCUT2D eigenvalue weighted by Gasteiger charge is -2.36. The van der Waals surface area contributed by atoms with E-state index in [2.05, 4.69) is 24.0 Å². The molecule has 3 heterocycles. The van der Waals surface area contributed by atoms with Crippen molar-refractivity contribution in [2.24, 2.45) is 0 Å². The zero-order valence-corrected chi connectivity index (χ0v) is 25.2. The molecule has 2 fully saturated rings. The van der Waals surface area contributed by atoms with Gasteiger partial charge in [-0.15, -0.1) is 11.3 Å². The van der Waals surface area contributed by atoms with Crippen molar-refractivity contribution in [2.75, 3.05) is 44.2 Å². The fraction of sp³-hybridized carbons (Fsp3) is 0.324. The van der Waals surface area contributed by atoms with Crippen LogP contribution in [0.2, 0.25) is 0 Å². The highest BCUT2D eigenvalue weighted by Crippen LogP contribution is 2.34. The maximum atomic E-state index is 13.5. The van der Waals surface area contributed by atoms with Gasteiger partial charge in [0.2, 0.25) is 0 Å². The smallest absolute Gasteiger partial charge is 0.368 e. The molecule has 0 aliphatic carbocycles. The first-order valence-electron chi connectivity index (χ1n) is 14.8. The number of thiazole rings is 1. The molecule has 2 aliphatic heterocycles. The van der Waals surface area contributed by atoms with Gasteiger partial charge in [-0.05, 0) is 60.7 Å². The molecule has 0 saturated carbocycles. The Labute approximate surface area is 258 Å². The number of nitrogens with zero attached hydrogens (tertiary/aromatic N) is 4. The van der Waals surface area contributed by atoms with E-state index in [4.69, 9.17) is 4.98 Å². The average molecular weight is 619 g/mol. The molecule has 3 aromatic carbocycles. The quantitative estimate of drug-likeness (QED) is 0.239. The Morgan fingerprint density at radius 1 is 0.795 bits per heavy atom. The summed E-state index contributed by atoms with van der Waals surface area (Å²) in [6.45, 7) is 6.03. The normalized spacial score (nSPS) is 16.3. The second-order valence-corrected chi connectivity index (χ2v) is 12.2. The summed E-state index contributed by atoms with van der Waals surface area (Å²) in [5, 5.41) is 2.77. The molecule has 1 aromatic heterocycles. The molecule has 2 amide bonds. The molecular weight excluding hydrogens is 585 g/mol. The summed E-state index contributed by atoms with van der Waals surface area (Å²) in [4.78, 5) is 37.5. The Hall–Kier alpha value is -4.18. The van der Waals surface area contributed by atoms with Crippen molar-refractivity contribution in [1.29, 1.82) is 0 Å². The van der Waals surface area contributed by atoms with Gasteiger partial charge >= 0.3 is 6.18 Å². The van der Waals surface area contributed by atoms with Gasteiger partial charge in [0.25, 0.3) is 11.8 Å². The van der Waals surface area contributed by atoms with Gasteiger partial charge in [0.05, 0.1) is 10.6 Å². The highest BCUT2D eigenvalue weighted by molar-refractivity contribution is 7.09. The number of rotatable bonds is 5. The number of benzene rings is 3. The number of likely N-dealkylation sites (tertiary alicyclic amines) is 1. The third-order valence-electron chi connectivity index (χ3n) is 8.58. The van der Waals surface area contributed by atoms with Crippen molar-refractivity contribution in [1.82, 2.24) is 14.8 Å². The minimum atomic E-state index is -4.42. The van der Waals surface area contributed by atoms with E-state index in [1.165, 1.54) is 34.7 Å². The molecule has 0 spiro atoms. The summed E-state index contributed by atoms with van der Waals surface area (Å²) < 4.78 is 39.1. The lowest BCUT2D eigenvalue weighted by molar-refractivity contribution is -0.137. The van der Waals surface area contributed by atoms with Crippen LogP contribution >= 0.6 is 11.3 Å². The standard InChI is InChI=1S/C34H33F3N4O2S/c1-23-6-2-5-9-30(23)39-18-20-41(21-19-39)33(43)29-22-44-31(38-29)25-14-16-40(17-15-25)32(42)28-8-4-3-7-27(28)24-10-12-26(13-11-24)34(35,36)37/h2-13,22,25H,14-21H2,1H3. The van der Waals surface area contributed by atoms with Gasteiger partial charge in [0, 0.05) is 61.8 Å². The van der Waals surface area contributed by atoms with Crippen molar-refractivity contribution in [3.8, 4) is 11.1 Å². The Morgan fingerprint density at radius 3 is 2.11 bits per heavy atom. The fourth-order valence-corrected chi connectivity index (χ4v) is 7.03. The van der Waals surface area contributed by atoms with Crippen LogP contribution in [-0.2, 0) is 6.18 Å². The van der Waals surface area contributed by atoms with Gasteiger partial charge < -0.3 is 14.7 Å². The Bertz CT molecular complexity index is 1640. The van der Waals surface area contributed by atoms with Crippen molar-refractivity contribution in [3.63, 3.8) is 0 Å². The summed E-state index contributed by atoms with van der Waals surface area (Å²) >= 11 is 1.50. The third-order valence-corrected chi connectivity index (χ3v) is 9.58. The lowest BCUT2D eigenvalue weighted by Crippen LogP contribution is -2.49. The number of halogens is 3. The van der Waals surface area contributed by atoms with Crippen LogP contribution in [0.4, 0.5) is 18.9 Å². The number of amides is 2. The molecule has 6 rings (SSSR count). The molecule has 4 aromatic rings. The molecule has 2 aliphatic rings. The second kappa shape index (κ2) is 12.4. The van der Waals surface area contributed by atoms with Gasteiger partial charge in [0.1, 0.15) is 5.69 Å². The van der Waals surface area contributed by atoms with Crippen molar-refractivity contribution >= 4 is 28.8 Å². The van der Waals surface area contributed by atoms with Crippen LogP contribution in [0.25, 0.3) is 11.1 Å². The highest BCUT2D eigenvalue weighted by Gasteiger charge is 2.31. The molecule has 2 saturated heterocycles. The number of aromatic nitrogens is 1. The number of hydrogen-bond donors (Lipinski definition) is 0. The second-order valence-electron chi connectivity index (χ2n) is 11.3. The molecule has 10 heteroatoms.